The summed E-state index contributed by atoms with van der Waals surface area (Å²) in [5.41, 5.74) is 5.52. The van der Waals surface area contributed by atoms with Crippen molar-refractivity contribution in [2.45, 2.75) is 38.5 Å². The highest BCUT2D eigenvalue weighted by Crippen LogP contribution is 2.28. The van der Waals surface area contributed by atoms with E-state index < -0.39 is 0 Å². The molecule has 0 atom stereocenters. The van der Waals surface area contributed by atoms with Gasteiger partial charge in [-0.05, 0) is 51.7 Å². The van der Waals surface area contributed by atoms with Crippen LogP contribution in [0.4, 0.5) is 0 Å². The van der Waals surface area contributed by atoms with Gasteiger partial charge in [-0.25, -0.2) is 0 Å². The number of hydrogen-bond acceptors (Lipinski definition) is 3. The summed E-state index contributed by atoms with van der Waals surface area (Å²) >= 11 is 0. The van der Waals surface area contributed by atoms with Gasteiger partial charge in [0.2, 0.25) is 5.91 Å². The normalized spacial score (nSPS) is 22.6. The van der Waals surface area contributed by atoms with Crippen molar-refractivity contribution in [2.75, 3.05) is 39.3 Å². The molecule has 0 aromatic heterocycles. The SMILES string of the molecule is NCCCCN1CCCN(C(=O)C2CCC2)CC1. The highest BCUT2D eigenvalue weighted by molar-refractivity contribution is 5.79. The van der Waals surface area contributed by atoms with Crippen LogP contribution >= 0.6 is 0 Å². The number of amides is 1. The maximum absolute atomic E-state index is 12.2. The Hall–Kier alpha value is -0.610. The van der Waals surface area contributed by atoms with E-state index in [0.717, 1.165) is 65.0 Å². The number of nitrogens with zero attached hydrogens (tertiary/aromatic N) is 2. The third kappa shape index (κ3) is 3.69. The van der Waals surface area contributed by atoms with Crippen LogP contribution in [-0.4, -0.2) is 55.0 Å². The highest BCUT2D eigenvalue weighted by atomic mass is 16.2. The van der Waals surface area contributed by atoms with Crippen LogP contribution in [0.25, 0.3) is 0 Å². The van der Waals surface area contributed by atoms with Gasteiger partial charge in [0.25, 0.3) is 0 Å². The standard InChI is InChI=1S/C14H27N3O/c15-7-1-2-8-16-9-4-10-17(12-11-16)14(18)13-5-3-6-13/h13H,1-12,15H2. The first kappa shape index (κ1) is 13.8. The molecule has 104 valence electrons. The number of carbonyl (C=O) groups excluding carboxylic acids is 1. The molecule has 0 aromatic carbocycles. The minimum atomic E-state index is 0.355. The molecule has 1 heterocycles. The topological polar surface area (TPSA) is 49.6 Å². The van der Waals surface area contributed by atoms with Gasteiger partial charge in [0.05, 0.1) is 0 Å². The predicted molar refractivity (Wildman–Crippen MR) is 73.3 cm³/mol. The van der Waals surface area contributed by atoms with E-state index in [4.69, 9.17) is 5.73 Å². The van der Waals surface area contributed by atoms with Crippen molar-refractivity contribution in [1.29, 1.82) is 0 Å². The van der Waals surface area contributed by atoms with E-state index in [0.29, 0.717) is 11.8 Å². The Morgan fingerprint density at radius 3 is 2.56 bits per heavy atom. The van der Waals surface area contributed by atoms with E-state index in [9.17, 15) is 4.79 Å². The fourth-order valence-corrected chi connectivity index (χ4v) is 2.81. The largest absolute Gasteiger partial charge is 0.341 e. The summed E-state index contributed by atoms with van der Waals surface area (Å²) in [5.74, 6) is 0.777. The summed E-state index contributed by atoms with van der Waals surface area (Å²) in [6.07, 6.45) is 6.91. The molecule has 18 heavy (non-hydrogen) atoms. The van der Waals surface area contributed by atoms with Crippen molar-refractivity contribution in [1.82, 2.24) is 9.80 Å². The van der Waals surface area contributed by atoms with Crippen LogP contribution < -0.4 is 5.73 Å². The van der Waals surface area contributed by atoms with Crippen LogP contribution in [0, 0.1) is 5.92 Å². The van der Waals surface area contributed by atoms with Gasteiger partial charge in [-0.15, -0.1) is 0 Å². The van der Waals surface area contributed by atoms with Crippen LogP contribution in [-0.2, 0) is 4.79 Å². The molecule has 4 nitrogen and oxygen atoms in total. The molecule has 0 bridgehead atoms. The monoisotopic (exact) mass is 253 g/mol. The van der Waals surface area contributed by atoms with Gasteiger partial charge in [-0.1, -0.05) is 6.42 Å². The van der Waals surface area contributed by atoms with E-state index in [1.54, 1.807) is 0 Å². The van der Waals surface area contributed by atoms with Crippen LogP contribution in [0.15, 0.2) is 0 Å². The zero-order valence-corrected chi connectivity index (χ0v) is 11.4. The van der Waals surface area contributed by atoms with Gasteiger partial charge < -0.3 is 15.5 Å². The summed E-state index contributed by atoms with van der Waals surface area (Å²) in [7, 11) is 0. The Morgan fingerprint density at radius 1 is 1.06 bits per heavy atom. The molecule has 2 aliphatic rings. The van der Waals surface area contributed by atoms with Gasteiger partial charge in [0.15, 0.2) is 0 Å². The predicted octanol–water partition coefficient (Wildman–Crippen LogP) is 1.06. The lowest BCUT2D eigenvalue weighted by Crippen LogP contribution is -2.41. The molecule has 1 saturated carbocycles. The molecule has 0 spiro atoms. The Bertz CT molecular complexity index is 266. The second-order valence-electron chi connectivity index (χ2n) is 5.64. The zero-order chi connectivity index (χ0) is 12.8. The molecule has 1 amide bonds. The molecule has 2 fully saturated rings. The molecule has 1 saturated heterocycles. The van der Waals surface area contributed by atoms with Gasteiger partial charge >= 0.3 is 0 Å². The summed E-state index contributed by atoms with van der Waals surface area (Å²) in [5, 5.41) is 0. The number of rotatable bonds is 5. The first-order chi connectivity index (χ1) is 8.81. The molecule has 0 unspecified atom stereocenters. The summed E-state index contributed by atoms with van der Waals surface area (Å²) in [6, 6.07) is 0. The van der Waals surface area contributed by atoms with Crippen LogP contribution in [0.3, 0.4) is 0 Å². The van der Waals surface area contributed by atoms with Crippen LogP contribution in [0.2, 0.25) is 0 Å². The third-order valence-electron chi connectivity index (χ3n) is 4.28. The fourth-order valence-electron chi connectivity index (χ4n) is 2.81. The van der Waals surface area contributed by atoms with Crippen molar-refractivity contribution in [2.24, 2.45) is 11.7 Å². The molecular formula is C14H27N3O. The first-order valence-corrected chi connectivity index (χ1v) is 7.52. The summed E-state index contributed by atoms with van der Waals surface area (Å²) in [4.78, 5) is 16.8. The Kier molecular flexibility index (Phi) is 5.45. The van der Waals surface area contributed by atoms with E-state index in [2.05, 4.69) is 9.80 Å². The smallest absolute Gasteiger partial charge is 0.225 e. The van der Waals surface area contributed by atoms with Crippen molar-refractivity contribution < 1.29 is 4.79 Å². The molecule has 0 aromatic rings. The first-order valence-electron chi connectivity index (χ1n) is 7.52. The lowest BCUT2D eigenvalue weighted by Gasteiger charge is -2.31. The minimum absolute atomic E-state index is 0.355. The summed E-state index contributed by atoms with van der Waals surface area (Å²) < 4.78 is 0. The maximum atomic E-state index is 12.2. The van der Waals surface area contributed by atoms with Crippen LogP contribution in [0.1, 0.15) is 38.5 Å². The van der Waals surface area contributed by atoms with Crippen molar-refractivity contribution >= 4 is 5.91 Å². The quantitative estimate of drug-likeness (QED) is 0.745. The number of unbranched alkanes of at least 4 members (excludes halogenated alkanes) is 1. The molecule has 2 N–H and O–H groups in total. The molecule has 0 radical (unpaired) electrons. The fraction of sp³-hybridized carbons (Fsp3) is 0.929. The number of carbonyl (C=O) groups is 1. The number of hydrogen-bond donors (Lipinski definition) is 1. The average Bonchev–Trinajstić information content (AvgIpc) is 2.53. The Labute approximate surface area is 110 Å². The second kappa shape index (κ2) is 7.10. The van der Waals surface area contributed by atoms with E-state index in [-0.39, 0.29) is 0 Å². The Morgan fingerprint density at radius 2 is 1.89 bits per heavy atom. The molecule has 1 aliphatic carbocycles. The van der Waals surface area contributed by atoms with Crippen molar-refractivity contribution in [3.05, 3.63) is 0 Å². The zero-order valence-electron chi connectivity index (χ0n) is 11.4. The third-order valence-corrected chi connectivity index (χ3v) is 4.28. The van der Waals surface area contributed by atoms with Gasteiger partial charge in [-0.3, -0.25) is 4.79 Å². The van der Waals surface area contributed by atoms with Gasteiger partial charge in [0.1, 0.15) is 0 Å². The van der Waals surface area contributed by atoms with Crippen molar-refractivity contribution in [3.63, 3.8) is 0 Å². The molecule has 1 aliphatic heterocycles. The van der Waals surface area contributed by atoms with Gasteiger partial charge in [0, 0.05) is 25.6 Å². The van der Waals surface area contributed by atoms with Crippen molar-refractivity contribution in [3.8, 4) is 0 Å². The van der Waals surface area contributed by atoms with E-state index >= 15 is 0 Å². The van der Waals surface area contributed by atoms with Gasteiger partial charge in [-0.2, -0.15) is 0 Å². The average molecular weight is 253 g/mol. The minimum Gasteiger partial charge on any atom is -0.341 e. The van der Waals surface area contributed by atoms with E-state index in [1.165, 1.54) is 12.8 Å². The number of nitrogens with two attached hydrogens (primary N) is 1. The molecule has 2 rings (SSSR count). The van der Waals surface area contributed by atoms with E-state index in [1.807, 2.05) is 0 Å². The highest BCUT2D eigenvalue weighted by Gasteiger charge is 2.30. The molecule has 4 heteroatoms. The lowest BCUT2D eigenvalue weighted by atomic mass is 9.84. The molecular weight excluding hydrogens is 226 g/mol. The second-order valence-corrected chi connectivity index (χ2v) is 5.64. The summed E-state index contributed by atoms with van der Waals surface area (Å²) in [6.45, 7) is 6.01. The Balaban J connectivity index is 1.71. The van der Waals surface area contributed by atoms with Crippen LogP contribution in [0.5, 0.6) is 0 Å². The maximum Gasteiger partial charge on any atom is 0.225 e. The lowest BCUT2D eigenvalue weighted by molar-refractivity contribution is -0.138.